The van der Waals surface area contributed by atoms with Gasteiger partial charge in [-0.25, -0.2) is 9.59 Å². The smallest absolute Gasteiger partial charge is 0.408 e. The highest BCUT2D eigenvalue weighted by Crippen LogP contribution is 2.45. The molecule has 1 saturated carbocycles. The van der Waals surface area contributed by atoms with Gasteiger partial charge < -0.3 is 30.1 Å². The third-order valence-corrected chi connectivity index (χ3v) is 8.62. The Labute approximate surface area is 268 Å². The Morgan fingerprint density at radius 3 is 2.58 bits per heavy atom. The summed E-state index contributed by atoms with van der Waals surface area (Å²) in [5.41, 5.74) is -0.568. The molecule has 0 bridgehead atoms. The van der Waals surface area contributed by atoms with Crippen LogP contribution in [0.3, 0.4) is 0 Å². The van der Waals surface area contributed by atoms with E-state index in [9.17, 15) is 24.3 Å². The van der Waals surface area contributed by atoms with Crippen LogP contribution in [0, 0.1) is 5.92 Å². The molecule has 10 nitrogen and oxygen atoms in total. The van der Waals surface area contributed by atoms with Gasteiger partial charge >= 0.3 is 12.1 Å². The van der Waals surface area contributed by atoms with E-state index in [0.717, 1.165) is 30.4 Å². The van der Waals surface area contributed by atoms with Gasteiger partial charge in [-0.3, -0.25) is 9.59 Å². The molecule has 45 heavy (non-hydrogen) atoms. The molecule has 0 saturated heterocycles. The molecule has 3 amide bonds. The van der Waals surface area contributed by atoms with Crippen molar-refractivity contribution in [3.63, 3.8) is 0 Å². The van der Waals surface area contributed by atoms with E-state index in [1.807, 2.05) is 24.3 Å². The van der Waals surface area contributed by atoms with Gasteiger partial charge in [0.2, 0.25) is 11.8 Å². The molecule has 1 aliphatic carbocycles. The maximum absolute atomic E-state index is 14.2. The Hall–Kier alpha value is -4.05. The van der Waals surface area contributed by atoms with Gasteiger partial charge in [0.25, 0.3) is 0 Å². The van der Waals surface area contributed by atoms with E-state index in [1.165, 1.54) is 4.90 Å². The highest BCUT2D eigenvalue weighted by Gasteiger charge is 2.61. The molecule has 0 aromatic heterocycles. The number of hydrogen-bond acceptors (Lipinski definition) is 6. The largest absolute Gasteiger partial charge is 0.479 e. The van der Waals surface area contributed by atoms with Crippen molar-refractivity contribution >= 4 is 35.5 Å². The van der Waals surface area contributed by atoms with Gasteiger partial charge in [-0.1, -0.05) is 48.7 Å². The summed E-state index contributed by atoms with van der Waals surface area (Å²) < 4.78 is 11.5. The molecule has 2 aromatic rings. The highest BCUT2D eigenvalue weighted by molar-refractivity contribution is 6.30. The summed E-state index contributed by atoms with van der Waals surface area (Å²) in [5, 5.41) is 16.2. The quantitative estimate of drug-likeness (QED) is 0.363. The number of carboxylic acids is 1. The Balaban J connectivity index is 1.47. The molecule has 240 valence electrons. The number of allylic oxidation sites excluding steroid dienone is 1. The highest BCUT2D eigenvalue weighted by atomic mass is 35.5. The number of carboxylic acid groups (broad SMARTS) is 1. The molecule has 5 rings (SSSR count). The number of alkyl carbamates (subject to hydrolysis) is 1. The van der Waals surface area contributed by atoms with Gasteiger partial charge in [-0.15, -0.1) is 0 Å². The number of nitrogens with zero attached hydrogens (tertiary/aromatic N) is 1. The number of benzene rings is 2. The summed E-state index contributed by atoms with van der Waals surface area (Å²) in [6.07, 6.45) is 7.00. The summed E-state index contributed by atoms with van der Waals surface area (Å²) in [6.45, 7) is 5.33. The Morgan fingerprint density at radius 2 is 1.84 bits per heavy atom. The summed E-state index contributed by atoms with van der Waals surface area (Å²) in [4.78, 5) is 54.9. The van der Waals surface area contributed by atoms with Crippen LogP contribution in [0.15, 0.2) is 54.6 Å². The SMILES string of the molecule is CC(C)(C)OC(=O)N[C@H]1CCCCC/C=C\[C@@H]2C[C@@]2(C(=O)O)NC(=O)[C@@H]2Cc3cc(Oc4cccc(Cl)c4)ccc3CN2C1=O. The number of carbonyl (C=O) groups excluding carboxylic acids is 3. The second-order valence-electron chi connectivity index (χ2n) is 13.0. The van der Waals surface area contributed by atoms with Crippen molar-refractivity contribution in [2.24, 2.45) is 5.92 Å². The zero-order valence-electron chi connectivity index (χ0n) is 25.8. The topological polar surface area (TPSA) is 134 Å². The first-order valence-corrected chi connectivity index (χ1v) is 15.8. The van der Waals surface area contributed by atoms with Crippen LogP contribution >= 0.6 is 11.6 Å². The number of amides is 3. The fourth-order valence-electron chi connectivity index (χ4n) is 5.98. The normalized spacial score (nSPS) is 26.0. The monoisotopic (exact) mass is 637 g/mol. The molecule has 2 heterocycles. The molecule has 3 N–H and O–H groups in total. The second-order valence-corrected chi connectivity index (χ2v) is 13.5. The van der Waals surface area contributed by atoms with Gasteiger partial charge in [0.1, 0.15) is 34.7 Å². The van der Waals surface area contributed by atoms with Gasteiger partial charge in [-0.05, 0) is 87.9 Å². The molecule has 0 radical (unpaired) electrons. The zero-order chi connectivity index (χ0) is 32.4. The Kier molecular flexibility index (Phi) is 9.44. The van der Waals surface area contributed by atoms with Crippen LogP contribution in [0.5, 0.6) is 11.5 Å². The minimum atomic E-state index is -1.42. The van der Waals surface area contributed by atoms with Crippen molar-refractivity contribution in [3.05, 3.63) is 70.8 Å². The first kappa shape index (κ1) is 32.3. The summed E-state index contributed by atoms with van der Waals surface area (Å²) >= 11 is 6.12. The first-order chi connectivity index (χ1) is 21.3. The lowest BCUT2D eigenvalue weighted by molar-refractivity contribution is -0.147. The van der Waals surface area contributed by atoms with Crippen molar-refractivity contribution in [3.8, 4) is 11.5 Å². The third-order valence-electron chi connectivity index (χ3n) is 8.39. The van der Waals surface area contributed by atoms with Gasteiger partial charge in [0.15, 0.2) is 0 Å². The maximum Gasteiger partial charge on any atom is 0.408 e. The zero-order valence-corrected chi connectivity index (χ0v) is 26.6. The summed E-state index contributed by atoms with van der Waals surface area (Å²) in [6, 6.07) is 10.5. The van der Waals surface area contributed by atoms with Gasteiger partial charge in [-0.2, -0.15) is 0 Å². The average Bonchev–Trinajstić information content (AvgIpc) is 3.67. The van der Waals surface area contributed by atoms with E-state index in [0.29, 0.717) is 29.4 Å². The number of ether oxygens (including phenoxy) is 2. The number of carbonyl (C=O) groups is 4. The van der Waals surface area contributed by atoms with Crippen molar-refractivity contribution < 1.29 is 33.8 Å². The molecule has 0 spiro atoms. The summed E-state index contributed by atoms with van der Waals surface area (Å²) in [7, 11) is 0. The molecule has 0 unspecified atom stereocenters. The van der Waals surface area contributed by atoms with E-state index in [-0.39, 0.29) is 25.3 Å². The van der Waals surface area contributed by atoms with Crippen LogP contribution in [0.4, 0.5) is 4.79 Å². The van der Waals surface area contributed by atoms with Crippen molar-refractivity contribution in [2.75, 3.05) is 0 Å². The standard InChI is InChI=1S/C34H40ClN3O7/c1-33(2,3)45-32(43)36-27-13-8-6-4-5-7-10-23-19-34(23,31(41)42)37-29(39)28-17-22-16-26(44-25-12-9-11-24(35)18-25)15-14-21(22)20-38(28)30(27)40/h7,9-12,14-16,18,23,27-28H,4-6,8,13,17,19-20H2,1-3H3,(H,36,43)(H,37,39)(H,41,42)/b10-7-/t23-,27+,28+,34-/m1/s1. The second kappa shape index (κ2) is 13.1. The fraction of sp³-hybridized carbons (Fsp3) is 0.471. The minimum Gasteiger partial charge on any atom is -0.479 e. The first-order valence-electron chi connectivity index (χ1n) is 15.4. The predicted octanol–water partition coefficient (Wildman–Crippen LogP) is 5.76. The van der Waals surface area contributed by atoms with Crippen molar-refractivity contribution in [1.29, 1.82) is 0 Å². The number of halogens is 1. The molecule has 11 heteroatoms. The number of aliphatic carboxylic acids is 1. The summed E-state index contributed by atoms with van der Waals surface area (Å²) in [5.74, 6) is -1.33. The van der Waals surface area contributed by atoms with E-state index >= 15 is 0 Å². The fourth-order valence-corrected chi connectivity index (χ4v) is 6.16. The molecular formula is C34H40ClN3O7. The molecule has 2 aromatic carbocycles. The average molecular weight is 638 g/mol. The molecule has 4 atom stereocenters. The van der Waals surface area contributed by atoms with Crippen molar-refractivity contribution in [2.45, 2.75) is 95.5 Å². The minimum absolute atomic E-state index is 0.0968. The van der Waals surface area contributed by atoms with Crippen LogP contribution < -0.4 is 15.4 Å². The third kappa shape index (κ3) is 7.79. The number of fused-ring (bicyclic) bond motifs is 3. The van der Waals surface area contributed by atoms with E-state index < -0.39 is 47.1 Å². The van der Waals surface area contributed by atoms with Crippen LogP contribution in [-0.2, 0) is 32.1 Å². The molecule has 3 aliphatic rings. The lowest BCUT2D eigenvalue weighted by Crippen LogP contribution is -2.60. The van der Waals surface area contributed by atoms with Crippen LogP contribution in [0.25, 0.3) is 0 Å². The number of nitrogens with one attached hydrogen (secondary N) is 2. The Bertz CT molecular complexity index is 1500. The van der Waals surface area contributed by atoms with Crippen molar-refractivity contribution in [1.82, 2.24) is 15.5 Å². The lowest BCUT2D eigenvalue weighted by atomic mass is 9.91. The lowest BCUT2D eigenvalue weighted by Gasteiger charge is -2.38. The molecule has 1 fully saturated rings. The van der Waals surface area contributed by atoms with E-state index in [1.54, 1.807) is 51.1 Å². The molecular weight excluding hydrogens is 598 g/mol. The van der Waals surface area contributed by atoms with E-state index in [2.05, 4.69) is 10.6 Å². The number of hydrogen-bond donors (Lipinski definition) is 3. The predicted molar refractivity (Wildman–Crippen MR) is 168 cm³/mol. The van der Waals surface area contributed by atoms with Gasteiger partial charge in [0.05, 0.1) is 0 Å². The van der Waals surface area contributed by atoms with Crippen LogP contribution in [-0.4, -0.2) is 57.1 Å². The molecule has 2 aliphatic heterocycles. The van der Waals surface area contributed by atoms with Crippen LogP contribution in [0.1, 0.15) is 70.4 Å². The Morgan fingerprint density at radius 1 is 1.07 bits per heavy atom. The maximum atomic E-state index is 14.2. The van der Waals surface area contributed by atoms with Gasteiger partial charge in [0, 0.05) is 23.9 Å². The van der Waals surface area contributed by atoms with Crippen LogP contribution in [0.2, 0.25) is 5.02 Å². The number of rotatable bonds is 4. The van der Waals surface area contributed by atoms with E-state index in [4.69, 9.17) is 21.1 Å².